The minimum atomic E-state index is -0.483. The van der Waals surface area contributed by atoms with Gasteiger partial charge in [-0.1, -0.05) is 0 Å². The smallest absolute Gasteiger partial charge is 0.222 e. The van der Waals surface area contributed by atoms with Gasteiger partial charge in [-0.25, -0.2) is 0 Å². The van der Waals surface area contributed by atoms with Crippen molar-refractivity contribution in [1.29, 1.82) is 0 Å². The number of carbonyl (C=O) groups is 2. The molecular weight excluding hydrogens is 178 g/mol. The van der Waals surface area contributed by atoms with Crippen LogP contribution in [0.3, 0.4) is 0 Å². The van der Waals surface area contributed by atoms with Gasteiger partial charge in [0.2, 0.25) is 5.91 Å². The summed E-state index contributed by atoms with van der Waals surface area (Å²) in [5.41, 5.74) is 0. The quantitative estimate of drug-likeness (QED) is 0.634. The summed E-state index contributed by atoms with van der Waals surface area (Å²) >= 11 is 0. The first-order valence-corrected chi connectivity index (χ1v) is 5.22. The monoisotopic (exact) mass is 195 g/mol. The van der Waals surface area contributed by atoms with Crippen LogP contribution in [0.15, 0.2) is 0 Å². The molecule has 1 saturated heterocycles. The fourth-order valence-corrected chi connectivity index (χ4v) is 1.66. The molecule has 0 aromatic carbocycles. The molecule has 0 aromatic rings. The second kappa shape index (κ2) is 5.78. The van der Waals surface area contributed by atoms with E-state index in [4.69, 9.17) is 6.92 Å². The van der Waals surface area contributed by atoms with Crippen LogP contribution in [0.25, 0.3) is 0 Å². The van der Waals surface area contributed by atoms with Crippen molar-refractivity contribution in [3.8, 4) is 0 Å². The number of likely N-dealkylation sites (tertiary alicyclic amines) is 1. The molecule has 1 rings (SSSR count). The molecule has 0 aliphatic carbocycles. The van der Waals surface area contributed by atoms with Crippen molar-refractivity contribution in [2.24, 2.45) is 5.92 Å². The molecular formula is C11H17NO2. The number of nitrogens with zero attached hydrogens (tertiary/aromatic N) is 1. The first kappa shape index (κ1) is 11.2. The summed E-state index contributed by atoms with van der Waals surface area (Å²) in [6.45, 7) is 7.15. The number of rotatable bonds is 4. The lowest BCUT2D eigenvalue weighted by Crippen LogP contribution is -2.35. The van der Waals surface area contributed by atoms with E-state index in [1.165, 1.54) is 6.42 Å². The molecule has 1 aliphatic rings. The van der Waals surface area contributed by atoms with Gasteiger partial charge in [-0.15, -0.1) is 0 Å². The van der Waals surface area contributed by atoms with Crippen LogP contribution < -0.4 is 0 Å². The fraction of sp³-hybridized carbons (Fsp3) is 0.727. The Hall–Kier alpha value is -0.860. The largest absolute Gasteiger partial charge is 0.343 e. The molecule has 0 saturated carbocycles. The zero-order chi connectivity index (χ0) is 10.4. The van der Waals surface area contributed by atoms with Crippen LogP contribution in [0.2, 0.25) is 0 Å². The summed E-state index contributed by atoms with van der Waals surface area (Å²) in [5.74, 6) is -0.342. The lowest BCUT2D eigenvalue weighted by molar-refractivity contribution is -0.132. The lowest BCUT2D eigenvalue weighted by Gasteiger charge is -2.26. The Morgan fingerprint density at radius 3 is 2.57 bits per heavy atom. The van der Waals surface area contributed by atoms with Gasteiger partial charge < -0.3 is 9.69 Å². The van der Waals surface area contributed by atoms with Crippen LogP contribution in [-0.4, -0.2) is 30.2 Å². The number of amides is 1. The highest BCUT2D eigenvalue weighted by Crippen LogP contribution is 2.12. The molecule has 1 atom stereocenters. The van der Waals surface area contributed by atoms with Crippen molar-refractivity contribution in [2.45, 2.75) is 32.1 Å². The van der Waals surface area contributed by atoms with E-state index >= 15 is 0 Å². The number of hydrogen-bond acceptors (Lipinski definition) is 2. The van der Waals surface area contributed by atoms with E-state index in [1.54, 1.807) is 0 Å². The van der Waals surface area contributed by atoms with Gasteiger partial charge in [0.15, 0.2) is 0 Å². The van der Waals surface area contributed by atoms with Gasteiger partial charge in [-0.2, -0.15) is 0 Å². The molecule has 1 fully saturated rings. The van der Waals surface area contributed by atoms with Crippen LogP contribution in [-0.2, 0) is 9.59 Å². The van der Waals surface area contributed by atoms with Crippen molar-refractivity contribution in [2.75, 3.05) is 13.1 Å². The SMILES string of the molecule is [CH][C@H](C=O)CCC(=O)N1CCCCC1. The normalized spacial score (nSPS) is 19.1. The minimum absolute atomic E-state index is 0.141. The number of carbonyl (C=O) groups excluding carboxylic acids is 2. The Kier molecular flexibility index (Phi) is 4.63. The Morgan fingerprint density at radius 1 is 1.36 bits per heavy atom. The Balaban J connectivity index is 2.22. The average molecular weight is 195 g/mol. The first-order valence-electron chi connectivity index (χ1n) is 5.22. The van der Waals surface area contributed by atoms with E-state index in [2.05, 4.69) is 0 Å². The van der Waals surface area contributed by atoms with Crippen molar-refractivity contribution in [1.82, 2.24) is 4.90 Å². The summed E-state index contributed by atoms with van der Waals surface area (Å²) in [6, 6.07) is 0. The van der Waals surface area contributed by atoms with E-state index in [-0.39, 0.29) is 5.91 Å². The third-order valence-corrected chi connectivity index (χ3v) is 2.58. The molecule has 3 heteroatoms. The Bertz CT molecular complexity index is 197. The second-order valence-electron chi connectivity index (χ2n) is 3.78. The second-order valence-corrected chi connectivity index (χ2v) is 3.78. The van der Waals surface area contributed by atoms with Gasteiger partial charge in [0.25, 0.3) is 0 Å². The number of piperidine rings is 1. The third kappa shape index (κ3) is 3.48. The molecule has 78 valence electrons. The topological polar surface area (TPSA) is 37.4 Å². The standard InChI is InChI=1S/C11H17NO2/c1-10(9-13)5-6-11(14)12-7-3-2-4-8-12/h1,9-10H,2-8H2/t10-/m0/s1. The summed E-state index contributed by atoms with van der Waals surface area (Å²) in [5, 5.41) is 0. The van der Waals surface area contributed by atoms with Crippen LogP contribution >= 0.6 is 0 Å². The van der Waals surface area contributed by atoms with Crippen LogP contribution in [0.1, 0.15) is 32.1 Å². The molecule has 1 amide bonds. The molecule has 0 N–H and O–H groups in total. The molecule has 0 aromatic heterocycles. The Morgan fingerprint density at radius 2 is 2.00 bits per heavy atom. The maximum Gasteiger partial charge on any atom is 0.222 e. The first-order chi connectivity index (χ1) is 6.74. The molecule has 1 heterocycles. The van der Waals surface area contributed by atoms with Crippen molar-refractivity contribution < 1.29 is 9.59 Å². The highest BCUT2D eigenvalue weighted by Gasteiger charge is 2.16. The summed E-state index contributed by atoms with van der Waals surface area (Å²) < 4.78 is 0. The third-order valence-electron chi connectivity index (χ3n) is 2.58. The summed E-state index contributed by atoms with van der Waals surface area (Å²) in [7, 11) is 0. The van der Waals surface area contributed by atoms with Gasteiger partial charge in [0.1, 0.15) is 6.29 Å². The van der Waals surface area contributed by atoms with Gasteiger partial charge in [-0.05, 0) is 32.6 Å². The van der Waals surface area contributed by atoms with Crippen LogP contribution in [0, 0.1) is 12.8 Å². The molecule has 3 nitrogen and oxygen atoms in total. The highest BCUT2D eigenvalue weighted by molar-refractivity contribution is 5.76. The molecule has 2 radical (unpaired) electrons. The van der Waals surface area contributed by atoms with Crippen LogP contribution in [0.5, 0.6) is 0 Å². The van der Waals surface area contributed by atoms with E-state index in [9.17, 15) is 9.59 Å². The van der Waals surface area contributed by atoms with E-state index in [0.29, 0.717) is 19.1 Å². The summed E-state index contributed by atoms with van der Waals surface area (Å²) in [4.78, 5) is 23.7. The van der Waals surface area contributed by atoms with Gasteiger partial charge in [-0.3, -0.25) is 4.79 Å². The highest BCUT2D eigenvalue weighted by atomic mass is 16.2. The average Bonchev–Trinajstić information content (AvgIpc) is 2.26. The zero-order valence-electron chi connectivity index (χ0n) is 8.45. The molecule has 0 spiro atoms. The number of aldehydes is 1. The van der Waals surface area contributed by atoms with Gasteiger partial charge in [0.05, 0.1) is 0 Å². The molecule has 0 bridgehead atoms. The number of hydrogen-bond donors (Lipinski definition) is 0. The van der Waals surface area contributed by atoms with Crippen molar-refractivity contribution in [3.63, 3.8) is 0 Å². The minimum Gasteiger partial charge on any atom is -0.343 e. The van der Waals surface area contributed by atoms with Crippen molar-refractivity contribution >= 4 is 12.2 Å². The zero-order valence-corrected chi connectivity index (χ0v) is 8.45. The lowest BCUT2D eigenvalue weighted by atomic mass is 10.1. The van der Waals surface area contributed by atoms with E-state index in [0.717, 1.165) is 25.9 Å². The predicted molar refractivity (Wildman–Crippen MR) is 53.5 cm³/mol. The van der Waals surface area contributed by atoms with Gasteiger partial charge >= 0.3 is 0 Å². The predicted octanol–water partition coefficient (Wildman–Crippen LogP) is 1.31. The molecule has 0 unspecified atom stereocenters. The Labute approximate surface area is 85.5 Å². The fourth-order valence-electron chi connectivity index (χ4n) is 1.66. The molecule has 1 aliphatic heterocycles. The van der Waals surface area contributed by atoms with Gasteiger partial charge in [0, 0.05) is 25.4 Å². The maximum absolute atomic E-state index is 11.6. The van der Waals surface area contributed by atoms with Crippen molar-refractivity contribution in [3.05, 3.63) is 6.92 Å². The van der Waals surface area contributed by atoms with Crippen LogP contribution in [0.4, 0.5) is 0 Å². The summed E-state index contributed by atoms with van der Waals surface area (Å²) in [6.07, 6.45) is 5.00. The van der Waals surface area contributed by atoms with E-state index < -0.39 is 5.92 Å². The maximum atomic E-state index is 11.6. The van der Waals surface area contributed by atoms with E-state index in [1.807, 2.05) is 4.90 Å². The molecule has 14 heavy (non-hydrogen) atoms.